The van der Waals surface area contributed by atoms with Crippen molar-refractivity contribution in [2.75, 3.05) is 6.61 Å². The van der Waals surface area contributed by atoms with E-state index in [4.69, 9.17) is 9.15 Å². The third kappa shape index (κ3) is 4.96. The van der Waals surface area contributed by atoms with Gasteiger partial charge in [-0.15, -0.1) is 0 Å². The number of aryl methyl sites for hydroxylation is 2. The van der Waals surface area contributed by atoms with E-state index in [1.54, 1.807) is 26.0 Å². The van der Waals surface area contributed by atoms with E-state index in [-0.39, 0.29) is 29.3 Å². The number of nitrogens with zero attached hydrogens (tertiary/aromatic N) is 3. The van der Waals surface area contributed by atoms with Crippen molar-refractivity contribution in [2.45, 2.75) is 46.7 Å². The summed E-state index contributed by atoms with van der Waals surface area (Å²) in [5.74, 6) is 0.720. The molecule has 0 unspecified atom stereocenters. The number of fused-ring (bicyclic) bond motifs is 1. The number of hydrogen-bond acceptors (Lipinski definition) is 6. The standard InChI is InChI=1S/C20H22F3N3O3/c1-10(2)7-14-15-18(26-19(24-14)28-6-5-20(21,22)23)29-17(25-15)13-8-11(3)16(27)12(4)9-13/h8-10,27H,5-7H2,1-4H3. The van der Waals surface area contributed by atoms with E-state index in [0.717, 1.165) is 0 Å². The molecule has 0 spiro atoms. The number of ether oxygens (including phenoxy) is 1. The average molecular weight is 409 g/mol. The molecule has 0 saturated heterocycles. The maximum absolute atomic E-state index is 12.4. The van der Waals surface area contributed by atoms with Gasteiger partial charge in [-0.05, 0) is 49.4 Å². The molecule has 29 heavy (non-hydrogen) atoms. The summed E-state index contributed by atoms with van der Waals surface area (Å²) in [6.45, 7) is 6.95. The number of aromatic nitrogens is 3. The number of halogens is 3. The van der Waals surface area contributed by atoms with Crippen LogP contribution in [-0.4, -0.2) is 32.8 Å². The molecule has 1 N–H and O–H groups in total. The minimum Gasteiger partial charge on any atom is -0.507 e. The largest absolute Gasteiger partial charge is 0.507 e. The quantitative estimate of drug-likeness (QED) is 0.607. The third-order valence-corrected chi connectivity index (χ3v) is 4.27. The third-order valence-electron chi connectivity index (χ3n) is 4.27. The molecule has 0 amide bonds. The molecular weight excluding hydrogens is 387 g/mol. The van der Waals surface area contributed by atoms with Crippen molar-refractivity contribution in [3.05, 3.63) is 29.0 Å². The summed E-state index contributed by atoms with van der Waals surface area (Å²) in [5, 5.41) is 9.97. The molecule has 0 aliphatic heterocycles. The van der Waals surface area contributed by atoms with Crippen LogP contribution in [0, 0.1) is 19.8 Å². The number of benzene rings is 1. The van der Waals surface area contributed by atoms with Gasteiger partial charge in [0.2, 0.25) is 5.89 Å². The molecule has 0 fully saturated rings. The molecule has 1 aromatic carbocycles. The van der Waals surface area contributed by atoms with Gasteiger partial charge in [0.25, 0.3) is 5.71 Å². The fourth-order valence-corrected chi connectivity index (χ4v) is 2.91. The van der Waals surface area contributed by atoms with Crippen LogP contribution in [0.3, 0.4) is 0 Å². The summed E-state index contributed by atoms with van der Waals surface area (Å²) in [6, 6.07) is 3.31. The molecule has 0 radical (unpaired) electrons. The van der Waals surface area contributed by atoms with Crippen LogP contribution in [0.15, 0.2) is 16.5 Å². The number of phenols is 1. The Morgan fingerprint density at radius 2 is 1.76 bits per heavy atom. The van der Waals surface area contributed by atoms with Crippen molar-refractivity contribution >= 4 is 11.2 Å². The second-order valence-corrected chi connectivity index (χ2v) is 7.40. The molecule has 2 heterocycles. The zero-order valence-electron chi connectivity index (χ0n) is 16.6. The molecule has 0 bridgehead atoms. The van der Waals surface area contributed by atoms with Crippen molar-refractivity contribution < 1.29 is 27.4 Å². The van der Waals surface area contributed by atoms with Gasteiger partial charge in [-0.3, -0.25) is 0 Å². The maximum atomic E-state index is 12.4. The highest BCUT2D eigenvalue weighted by Gasteiger charge is 2.27. The molecule has 0 saturated carbocycles. The van der Waals surface area contributed by atoms with Gasteiger partial charge in [0.05, 0.1) is 12.1 Å². The smallest absolute Gasteiger partial charge is 0.392 e. The second kappa shape index (κ2) is 7.88. The van der Waals surface area contributed by atoms with Gasteiger partial charge in [0.15, 0.2) is 5.52 Å². The topological polar surface area (TPSA) is 81.3 Å². The van der Waals surface area contributed by atoms with Crippen LogP contribution in [0.1, 0.15) is 37.1 Å². The van der Waals surface area contributed by atoms with Gasteiger partial charge < -0.3 is 14.3 Å². The summed E-state index contributed by atoms with van der Waals surface area (Å²) in [5.41, 5.74) is 3.15. The second-order valence-electron chi connectivity index (χ2n) is 7.40. The van der Waals surface area contributed by atoms with Crippen LogP contribution in [0.2, 0.25) is 0 Å². The number of phenolic OH excluding ortho intramolecular Hbond substituents is 1. The normalized spacial score (nSPS) is 12.1. The van der Waals surface area contributed by atoms with Crippen molar-refractivity contribution in [3.63, 3.8) is 0 Å². The van der Waals surface area contributed by atoms with E-state index in [9.17, 15) is 18.3 Å². The summed E-state index contributed by atoms with van der Waals surface area (Å²) < 4.78 is 48.0. The molecule has 2 aromatic heterocycles. The Balaban J connectivity index is 2.01. The summed E-state index contributed by atoms with van der Waals surface area (Å²) in [7, 11) is 0. The van der Waals surface area contributed by atoms with Crippen LogP contribution in [0.4, 0.5) is 13.2 Å². The Kier molecular flexibility index (Phi) is 5.68. The molecule has 9 heteroatoms. The Morgan fingerprint density at radius 1 is 1.10 bits per heavy atom. The Morgan fingerprint density at radius 3 is 2.34 bits per heavy atom. The van der Waals surface area contributed by atoms with E-state index in [1.165, 1.54) is 0 Å². The number of alkyl halides is 3. The first kappa shape index (κ1) is 20.9. The van der Waals surface area contributed by atoms with Crippen LogP contribution in [0.25, 0.3) is 22.7 Å². The van der Waals surface area contributed by atoms with Crippen molar-refractivity contribution in [2.24, 2.45) is 5.92 Å². The summed E-state index contributed by atoms with van der Waals surface area (Å²) >= 11 is 0. The zero-order chi connectivity index (χ0) is 21.3. The molecular formula is C20H22F3N3O3. The highest BCUT2D eigenvalue weighted by atomic mass is 19.4. The molecule has 6 nitrogen and oxygen atoms in total. The number of aromatic hydroxyl groups is 1. The van der Waals surface area contributed by atoms with E-state index in [2.05, 4.69) is 15.0 Å². The predicted molar refractivity (Wildman–Crippen MR) is 101 cm³/mol. The number of rotatable bonds is 6. The minimum atomic E-state index is -4.32. The first-order valence-corrected chi connectivity index (χ1v) is 9.21. The van der Waals surface area contributed by atoms with Crippen molar-refractivity contribution in [3.8, 4) is 23.2 Å². The average Bonchev–Trinajstić information content (AvgIpc) is 3.02. The van der Waals surface area contributed by atoms with Gasteiger partial charge in [0.1, 0.15) is 12.4 Å². The lowest BCUT2D eigenvalue weighted by Crippen LogP contribution is -2.14. The van der Waals surface area contributed by atoms with E-state index < -0.39 is 19.2 Å². The first-order chi connectivity index (χ1) is 13.5. The molecule has 0 aliphatic carbocycles. The summed E-state index contributed by atoms with van der Waals surface area (Å²) in [6.07, 6.45) is -4.88. The Bertz CT molecular complexity index is 1010. The van der Waals surface area contributed by atoms with Gasteiger partial charge in [0, 0.05) is 5.56 Å². The monoisotopic (exact) mass is 409 g/mol. The van der Waals surface area contributed by atoms with E-state index >= 15 is 0 Å². The van der Waals surface area contributed by atoms with Gasteiger partial charge in [-0.2, -0.15) is 23.1 Å². The van der Waals surface area contributed by atoms with Crippen LogP contribution >= 0.6 is 0 Å². The lowest BCUT2D eigenvalue weighted by molar-refractivity contribution is -0.139. The van der Waals surface area contributed by atoms with E-state index in [1.807, 2.05) is 13.8 Å². The molecule has 3 rings (SSSR count). The lowest BCUT2D eigenvalue weighted by atomic mass is 10.1. The van der Waals surface area contributed by atoms with Crippen LogP contribution < -0.4 is 4.74 Å². The molecule has 0 aliphatic rings. The predicted octanol–water partition coefficient (Wildman–Crippen LogP) is 5.14. The number of hydrogen-bond donors (Lipinski definition) is 1. The molecule has 3 aromatic rings. The highest BCUT2D eigenvalue weighted by Crippen LogP contribution is 2.32. The summed E-state index contributed by atoms with van der Waals surface area (Å²) in [4.78, 5) is 12.8. The van der Waals surface area contributed by atoms with Crippen molar-refractivity contribution in [1.29, 1.82) is 0 Å². The lowest BCUT2D eigenvalue weighted by Gasteiger charge is -2.09. The van der Waals surface area contributed by atoms with Crippen LogP contribution in [0.5, 0.6) is 11.8 Å². The van der Waals surface area contributed by atoms with Crippen LogP contribution in [-0.2, 0) is 6.42 Å². The van der Waals surface area contributed by atoms with E-state index in [0.29, 0.717) is 34.3 Å². The fourth-order valence-electron chi connectivity index (χ4n) is 2.91. The Hall–Kier alpha value is -2.84. The first-order valence-electron chi connectivity index (χ1n) is 9.21. The highest BCUT2D eigenvalue weighted by molar-refractivity contribution is 5.76. The SMILES string of the molecule is Cc1cc(-c2nc3c(CC(C)C)nc(OCCC(F)(F)F)nc3o2)cc(C)c1O. The van der Waals surface area contributed by atoms with Gasteiger partial charge in [-0.1, -0.05) is 13.8 Å². The number of oxazole rings is 1. The van der Waals surface area contributed by atoms with Gasteiger partial charge in [-0.25, -0.2) is 4.98 Å². The van der Waals surface area contributed by atoms with Crippen molar-refractivity contribution in [1.82, 2.24) is 15.0 Å². The maximum Gasteiger partial charge on any atom is 0.392 e. The molecule has 0 atom stereocenters. The minimum absolute atomic E-state index is 0.149. The van der Waals surface area contributed by atoms with Gasteiger partial charge >= 0.3 is 12.2 Å². The Labute approximate surface area is 165 Å². The fraction of sp³-hybridized carbons (Fsp3) is 0.450. The molecule has 156 valence electrons. The zero-order valence-corrected chi connectivity index (χ0v) is 16.6.